The number of benzene rings is 2. The summed E-state index contributed by atoms with van der Waals surface area (Å²) in [6.07, 6.45) is 1.96. The van der Waals surface area contributed by atoms with Gasteiger partial charge < -0.3 is 4.74 Å². The lowest BCUT2D eigenvalue weighted by molar-refractivity contribution is 0.416. The maximum atomic E-state index is 12.1. The molecule has 1 aromatic heterocycles. The number of thiazole rings is 1. The third-order valence-corrected chi connectivity index (χ3v) is 6.87. The Morgan fingerprint density at radius 1 is 1.22 bits per heavy atom. The van der Waals surface area contributed by atoms with Gasteiger partial charge in [0.15, 0.2) is 0 Å². The van der Waals surface area contributed by atoms with E-state index in [0.717, 1.165) is 38.8 Å². The molecular weight excluding hydrogens is 380 g/mol. The molecule has 0 bridgehead atoms. The third-order valence-electron chi connectivity index (χ3n) is 4.73. The molecule has 0 fully saturated rings. The lowest BCUT2D eigenvalue weighted by Crippen LogP contribution is -2.34. The van der Waals surface area contributed by atoms with Crippen LogP contribution in [0.2, 0.25) is 0 Å². The molecule has 2 heterocycles. The second-order valence-corrected chi connectivity index (χ2v) is 9.41. The van der Waals surface area contributed by atoms with Crippen molar-refractivity contribution in [1.82, 2.24) is 4.98 Å². The van der Waals surface area contributed by atoms with E-state index in [9.17, 15) is 8.42 Å². The lowest BCUT2D eigenvalue weighted by atomic mass is 10.1. The van der Waals surface area contributed by atoms with E-state index in [2.05, 4.69) is 6.07 Å². The Bertz CT molecular complexity index is 1110. The first-order valence-electron chi connectivity index (χ1n) is 8.60. The molecule has 3 aromatic rings. The summed E-state index contributed by atoms with van der Waals surface area (Å²) in [5.74, 6) is 0.796. The van der Waals surface area contributed by atoms with E-state index in [4.69, 9.17) is 9.72 Å². The van der Waals surface area contributed by atoms with Crippen molar-refractivity contribution in [3.8, 4) is 27.6 Å². The number of aromatic nitrogens is 1. The number of fused-ring (bicyclic) bond motifs is 1. The Morgan fingerprint density at radius 3 is 2.74 bits per heavy atom. The molecule has 140 valence electrons. The molecule has 5 nitrogen and oxygen atoms in total. The van der Waals surface area contributed by atoms with Crippen molar-refractivity contribution in [2.45, 2.75) is 19.4 Å². The Morgan fingerprint density at radius 2 is 2.00 bits per heavy atom. The summed E-state index contributed by atoms with van der Waals surface area (Å²) >= 11 is 1.57. The molecule has 0 saturated carbocycles. The molecule has 0 aliphatic carbocycles. The number of hydrogen-bond acceptors (Lipinski definition) is 5. The van der Waals surface area contributed by atoms with Crippen LogP contribution in [0, 0.1) is 0 Å². The van der Waals surface area contributed by atoms with Crippen LogP contribution < -0.4 is 9.04 Å². The zero-order valence-corrected chi connectivity index (χ0v) is 17.0. The fourth-order valence-corrected chi connectivity index (χ4v) is 5.74. The smallest absolute Gasteiger partial charge is 0.232 e. The largest absolute Gasteiger partial charge is 0.496 e. The van der Waals surface area contributed by atoms with Gasteiger partial charge in [-0.05, 0) is 43.2 Å². The standard InChI is InChI=1S/C20H20N2O3S2/c1-13-10-15-11-14(8-9-18(15)22(13)27(3,23)24)17-12-26-20(21-17)16-6-4-5-7-19(16)25-2/h4-9,11-13H,10H2,1-3H3/t13-/m0/s1. The highest BCUT2D eigenvalue weighted by atomic mass is 32.2. The average Bonchev–Trinajstić information content (AvgIpc) is 3.24. The molecule has 0 spiro atoms. The van der Waals surface area contributed by atoms with Gasteiger partial charge >= 0.3 is 0 Å². The van der Waals surface area contributed by atoms with Gasteiger partial charge in [-0.1, -0.05) is 18.2 Å². The molecule has 7 heteroatoms. The first kappa shape index (κ1) is 18.0. The van der Waals surface area contributed by atoms with Crippen molar-refractivity contribution in [3.63, 3.8) is 0 Å². The predicted molar refractivity (Wildman–Crippen MR) is 110 cm³/mol. The van der Waals surface area contributed by atoms with Crippen molar-refractivity contribution in [1.29, 1.82) is 0 Å². The fourth-order valence-electron chi connectivity index (χ4n) is 3.62. The minimum absolute atomic E-state index is 0.0650. The van der Waals surface area contributed by atoms with Crippen LogP contribution >= 0.6 is 11.3 Å². The van der Waals surface area contributed by atoms with Crippen LogP contribution in [0.15, 0.2) is 47.8 Å². The van der Waals surface area contributed by atoms with Crippen molar-refractivity contribution in [2.75, 3.05) is 17.7 Å². The van der Waals surface area contributed by atoms with Crippen LogP contribution in [0.5, 0.6) is 5.75 Å². The SMILES string of the molecule is COc1ccccc1-c1nc(-c2ccc3c(c2)C[C@H](C)N3S(C)(=O)=O)cs1. The molecule has 1 aliphatic heterocycles. The highest BCUT2D eigenvalue weighted by Gasteiger charge is 2.32. The number of rotatable bonds is 4. The summed E-state index contributed by atoms with van der Waals surface area (Å²) in [5.41, 5.74) is 4.66. The molecule has 27 heavy (non-hydrogen) atoms. The molecule has 4 rings (SSSR count). The van der Waals surface area contributed by atoms with E-state index in [0.29, 0.717) is 6.42 Å². The lowest BCUT2D eigenvalue weighted by Gasteiger charge is -2.21. The molecule has 0 unspecified atom stereocenters. The molecule has 0 saturated heterocycles. The Balaban J connectivity index is 1.71. The van der Waals surface area contributed by atoms with E-state index in [-0.39, 0.29) is 6.04 Å². The predicted octanol–water partition coefficient (Wildman–Crippen LogP) is 4.20. The first-order valence-corrected chi connectivity index (χ1v) is 11.3. The number of hydrogen-bond donors (Lipinski definition) is 0. The quantitative estimate of drug-likeness (QED) is 0.659. The number of nitrogens with zero attached hydrogens (tertiary/aromatic N) is 2. The third kappa shape index (κ3) is 3.21. The van der Waals surface area contributed by atoms with Crippen LogP contribution in [0.25, 0.3) is 21.8 Å². The topological polar surface area (TPSA) is 59.5 Å². The maximum Gasteiger partial charge on any atom is 0.232 e. The minimum Gasteiger partial charge on any atom is -0.496 e. The molecule has 0 N–H and O–H groups in total. The number of para-hydroxylation sites is 1. The van der Waals surface area contributed by atoms with Gasteiger partial charge in [0.1, 0.15) is 10.8 Å². The molecule has 0 radical (unpaired) electrons. The van der Waals surface area contributed by atoms with Gasteiger partial charge in [-0.15, -0.1) is 11.3 Å². The van der Waals surface area contributed by atoms with Crippen LogP contribution in [-0.4, -0.2) is 32.8 Å². The summed E-state index contributed by atoms with van der Waals surface area (Å²) in [6.45, 7) is 1.93. The van der Waals surface area contributed by atoms with Crippen molar-refractivity contribution in [2.24, 2.45) is 0 Å². The van der Waals surface area contributed by atoms with Gasteiger partial charge in [-0.25, -0.2) is 13.4 Å². The summed E-state index contributed by atoms with van der Waals surface area (Å²) in [7, 11) is -1.62. The summed E-state index contributed by atoms with van der Waals surface area (Å²) in [6, 6.07) is 13.6. The van der Waals surface area contributed by atoms with Crippen molar-refractivity contribution >= 4 is 27.0 Å². The van der Waals surface area contributed by atoms with Crippen molar-refractivity contribution in [3.05, 3.63) is 53.4 Å². The molecule has 2 aromatic carbocycles. The van der Waals surface area contributed by atoms with Gasteiger partial charge in [-0.3, -0.25) is 4.31 Å². The average molecular weight is 401 g/mol. The highest BCUT2D eigenvalue weighted by molar-refractivity contribution is 7.92. The summed E-state index contributed by atoms with van der Waals surface area (Å²) < 4.78 is 31.1. The first-order chi connectivity index (χ1) is 12.9. The number of sulfonamides is 1. The van der Waals surface area contributed by atoms with Crippen LogP contribution in [0.3, 0.4) is 0 Å². The summed E-state index contributed by atoms with van der Waals surface area (Å²) in [4.78, 5) is 4.78. The maximum absolute atomic E-state index is 12.1. The number of anilines is 1. The van der Waals surface area contributed by atoms with Gasteiger partial charge in [0, 0.05) is 17.0 Å². The van der Waals surface area contributed by atoms with Crippen LogP contribution in [0.4, 0.5) is 5.69 Å². The molecule has 0 amide bonds. The van der Waals surface area contributed by atoms with Gasteiger partial charge in [-0.2, -0.15) is 0 Å². The zero-order valence-electron chi connectivity index (χ0n) is 15.3. The Kier molecular flexibility index (Phi) is 4.44. The second kappa shape index (κ2) is 6.65. The van der Waals surface area contributed by atoms with E-state index < -0.39 is 10.0 Å². The van der Waals surface area contributed by atoms with E-state index in [1.54, 1.807) is 18.4 Å². The van der Waals surface area contributed by atoms with E-state index >= 15 is 0 Å². The number of ether oxygens (including phenoxy) is 1. The van der Waals surface area contributed by atoms with Gasteiger partial charge in [0.25, 0.3) is 0 Å². The Hall–Kier alpha value is -2.38. The highest BCUT2D eigenvalue weighted by Crippen LogP contribution is 2.38. The van der Waals surface area contributed by atoms with Crippen molar-refractivity contribution < 1.29 is 13.2 Å². The van der Waals surface area contributed by atoms with Gasteiger partial charge in [0.2, 0.25) is 10.0 Å². The summed E-state index contributed by atoms with van der Waals surface area (Å²) in [5, 5.41) is 2.92. The second-order valence-electron chi connectivity index (χ2n) is 6.69. The van der Waals surface area contributed by atoms with E-state index in [1.165, 1.54) is 10.6 Å². The normalized spacial score (nSPS) is 16.4. The molecular formula is C20H20N2O3S2. The van der Waals surface area contributed by atoms with Gasteiger partial charge in [0.05, 0.1) is 30.3 Å². The number of methoxy groups -OCH3 is 1. The van der Waals surface area contributed by atoms with Crippen LogP contribution in [0.1, 0.15) is 12.5 Å². The molecule has 1 aliphatic rings. The molecule has 1 atom stereocenters. The monoisotopic (exact) mass is 400 g/mol. The fraction of sp³-hybridized carbons (Fsp3) is 0.250. The zero-order chi connectivity index (χ0) is 19.2. The Labute approximate surface area is 163 Å². The van der Waals surface area contributed by atoms with Crippen LogP contribution in [-0.2, 0) is 16.4 Å². The minimum atomic E-state index is -3.28. The van der Waals surface area contributed by atoms with E-state index in [1.807, 2.05) is 48.7 Å².